The van der Waals surface area contributed by atoms with E-state index in [0.717, 1.165) is 25.0 Å². The number of nitrogens with zero attached hydrogens (tertiary/aromatic N) is 2. The lowest BCUT2D eigenvalue weighted by molar-refractivity contribution is -0.139. The third kappa shape index (κ3) is 3.71. The molecule has 1 heterocycles. The van der Waals surface area contributed by atoms with Crippen molar-refractivity contribution in [1.29, 1.82) is 0 Å². The third-order valence-corrected chi connectivity index (χ3v) is 4.91. The Bertz CT molecular complexity index is 573. The van der Waals surface area contributed by atoms with E-state index < -0.39 is 0 Å². The van der Waals surface area contributed by atoms with E-state index in [2.05, 4.69) is 6.92 Å². The van der Waals surface area contributed by atoms with Gasteiger partial charge in [0.15, 0.2) is 0 Å². The minimum atomic E-state index is 0.0350. The Morgan fingerprint density at radius 3 is 2.21 bits per heavy atom. The van der Waals surface area contributed by atoms with Crippen LogP contribution in [-0.2, 0) is 4.79 Å². The molecule has 24 heavy (non-hydrogen) atoms. The lowest BCUT2D eigenvalue weighted by Gasteiger charge is -2.38. The molecule has 0 spiro atoms. The summed E-state index contributed by atoms with van der Waals surface area (Å²) in [6.45, 7) is 5.28. The number of carbonyl (C=O) groups excluding carboxylic acids is 2. The number of ether oxygens (including phenoxy) is 1. The summed E-state index contributed by atoms with van der Waals surface area (Å²) in [6.07, 6.45) is 4.20. The minimum Gasteiger partial charge on any atom is -0.494 e. The summed E-state index contributed by atoms with van der Waals surface area (Å²) >= 11 is 0. The fourth-order valence-corrected chi connectivity index (χ4v) is 3.14. The van der Waals surface area contributed by atoms with Gasteiger partial charge in [-0.25, -0.2) is 0 Å². The summed E-state index contributed by atoms with van der Waals surface area (Å²) in [5.74, 6) is 1.35. The zero-order chi connectivity index (χ0) is 16.9. The molecule has 2 aliphatic rings. The van der Waals surface area contributed by atoms with Crippen LogP contribution in [-0.4, -0.2) is 54.4 Å². The molecule has 2 amide bonds. The predicted molar refractivity (Wildman–Crippen MR) is 92.1 cm³/mol. The maximum absolute atomic E-state index is 12.6. The molecule has 1 saturated heterocycles. The number of benzene rings is 1. The molecule has 1 aliphatic heterocycles. The van der Waals surface area contributed by atoms with Crippen LogP contribution in [0.4, 0.5) is 0 Å². The maximum atomic E-state index is 12.6. The minimum absolute atomic E-state index is 0.0350. The normalized spacial score (nSPS) is 18.2. The van der Waals surface area contributed by atoms with Crippen LogP contribution in [0.2, 0.25) is 0 Å². The molecule has 0 unspecified atom stereocenters. The quantitative estimate of drug-likeness (QED) is 0.834. The van der Waals surface area contributed by atoms with E-state index in [-0.39, 0.29) is 17.7 Å². The van der Waals surface area contributed by atoms with Crippen LogP contribution in [0.25, 0.3) is 0 Å². The Morgan fingerprint density at radius 1 is 1.04 bits per heavy atom. The second-order valence-electron chi connectivity index (χ2n) is 6.62. The van der Waals surface area contributed by atoms with Crippen molar-refractivity contribution in [2.24, 2.45) is 5.92 Å². The molecule has 0 N–H and O–H groups in total. The Kier molecular flexibility index (Phi) is 5.38. The van der Waals surface area contributed by atoms with E-state index in [1.54, 1.807) is 0 Å². The molecular formula is C19H26N2O3. The zero-order valence-electron chi connectivity index (χ0n) is 14.4. The SMILES string of the molecule is CCCOc1ccc(C(=O)N2CCN(C(=O)C3CCC3)CC2)cc1. The van der Waals surface area contributed by atoms with Gasteiger partial charge in [-0.15, -0.1) is 0 Å². The number of carbonyl (C=O) groups is 2. The van der Waals surface area contributed by atoms with Gasteiger partial charge in [0.1, 0.15) is 5.75 Å². The van der Waals surface area contributed by atoms with E-state index in [9.17, 15) is 9.59 Å². The van der Waals surface area contributed by atoms with Crippen molar-refractivity contribution in [2.75, 3.05) is 32.8 Å². The van der Waals surface area contributed by atoms with E-state index in [1.165, 1.54) is 6.42 Å². The van der Waals surface area contributed by atoms with Gasteiger partial charge in [0.2, 0.25) is 5.91 Å². The van der Waals surface area contributed by atoms with Crippen molar-refractivity contribution >= 4 is 11.8 Å². The standard InChI is InChI=1S/C19H26N2O3/c1-2-14-24-17-8-6-16(7-9-17)19(23)21-12-10-20(11-13-21)18(22)15-4-3-5-15/h6-9,15H,2-5,10-14H2,1H3. The van der Waals surface area contributed by atoms with Crippen LogP contribution in [0.15, 0.2) is 24.3 Å². The molecule has 2 fully saturated rings. The first-order valence-corrected chi connectivity index (χ1v) is 9.00. The molecule has 0 bridgehead atoms. The Morgan fingerprint density at radius 2 is 1.67 bits per heavy atom. The first-order valence-electron chi connectivity index (χ1n) is 9.00. The molecule has 1 aliphatic carbocycles. The van der Waals surface area contributed by atoms with Gasteiger partial charge in [0, 0.05) is 37.7 Å². The molecule has 5 heteroatoms. The topological polar surface area (TPSA) is 49.9 Å². The highest BCUT2D eigenvalue weighted by Gasteiger charge is 2.32. The van der Waals surface area contributed by atoms with Crippen LogP contribution in [0.1, 0.15) is 43.0 Å². The molecular weight excluding hydrogens is 304 g/mol. The summed E-state index contributed by atoms with van der Waals surface area (Å²) in [6, 6.07) is 7.33. The lowest BCUT2D eigenvalue weighted by Crippen LogP contribution is -2.52. The number of rotatable bonds is 5. The van der Waals surface area contributed by atoms with E-state index in [0.29, 0.717) is 38.3 Å². The van der Waals surface area contributed by atoms with Crippen molar-refractivity contribution in [3.8, 4) is 5.75 Å². The summed E-state index contributed by atoms with van der Waals surface area (Å²) in [5.41, 5.74) is 0.678. The molecule has 1 saturated carbocycles. The van der Waals surface area contributed by atoms with Crippen molar-refractivity contribution in [3.63, 3.8) is 0 Å². The van der Waals surface area contributed by atoms with Crippen LogP contribution in [0.3, 0.4) is 0 Å². The van der Waals surface area contributed by atoms with Gasteiger partial charge < -0.3 is 14.5 Å². The highest BCUT2D eigenvalue weighted by Crippen LogP contribution is 2.28. The van der Waals surface area contributed by atoms with Gasteiger partial charge in [-0.05, 0) is 43.5 Å². The van der Waals surface area contributed by atoms with Gasteiger partial charge in [0.25, 0.3) is 5.91 Å². The molecule has 0 aromatic heterocycles. The van der Waals surface area contributed by atoms with E-state index >= 15 is 0 Å². The number of hydrogen-bond donors (Lipinski definition) is 0. The highest BCUT2D eigenvalue weighted by atomic mass is 16.5. The van der Waals surface area contributed by atoms with E-state index in [1.807, 2.05) is 34.1 Å². The lowest BCUT2D eigenvalue weighted by atomic mass is 9.84. The molecule has 1 aromatic carbocycles. The van der Waals surface area contributed by atoms with Gasteiger partial charge in [-0.1, -0.05) is 13.3 Å². The molecule has 1 aromatic rings. The molecule has 0 radical (unpaired) electrons. The van der Waals surface area contributed by atoms with Crippen molar-refractivity contribution in [1.82, 2.24) is 9.80 Å². The maximum Gasteiger partial charge on any atom is 0.253 e. The Hall–Kier alpha value is -2.04. The highest BCUT2D eigenvalue weighted by molar-refractivity contribution is 5.94. The second-order valence-corrected chi connectivity index (χ2v) is 6.62. The summed E-state index contributed by atoms with van der Waals surface area (Å²) in [7, 11) is 0. The molecule has 3 rings (SSSR count). The molecule has 0 atom stereocenters. The fourth-order valence-electron chi connectivity index (χ4n) is 3.14. The smallest absolute Gasteiger partial charge is 0.253 e. The van der Waals surface area contributed by atoms with Gasteiger partial charge in [0.05, 0.1) is 6.61 Å². The predicted octanol–water partition coefficient (Wildman–Crippen LogP) is 2.56. The van der Waals surface area contributed by atoms with Crippen molar-refractivity contribution < 1.29 is 14.3 Å². The average Bonchev–Trinajstić information content (AvgIpc) is 2.58. The van der Waals surface area contributed by atoms with Crippen LogP contribution in [0, 0.1) is 5.92 Å². The summed E-state index contributed by atoms with van der Waals surface area (Å²) in [5, 5.41) is 0. The van der Waals surface area contributed by atoms with Crippen LogP contribution < -0.4 is 4.74 Å². The van der Waals surface area contributed by atoms with Crippen LogP contribution >= 0.6 is 0 Å². The number of piperazine rings is 1. The monoisotopic (exact) mass is 330 g/mol. The van der Waals surface area contributed by atoms with Crippen molar-refractivity contribution in [2.45, 2.75) is 32.6 Å². The van der Waals surface area contributed by atoms with E-state index in [4.69, 9.17) is 4.74 Å². The van der Waals surface area contributed by atoms with Gasteiger partial charge in [-0.2, -0.15) is 0 Å². The largest absolute Gasteiger partial charge is 0.494 e. The fraction of sp³-hybridized carbons (Fsp3) is 0.579. The van der Waals surface area contributed by atoms with Crippen LogP contribution in [0.5, 0.6) is 5.75 Å². The Balaban J connectivity index is 1.52. The zero-order valence-corrected chi connectivity index (χ0v) is 14.4. The van der Waals surface area contributed by atoms with Gasteiger partial charge >= 0.3 is 0 Å². The summed E-state index contributed by atoms with van der Waals surface area (Å²) in [4.78, 5) is 28.6. The third-order valence-electron chi connectivity index (χ3n) is 4.91. The number of amides is 2. The second kappa shape index (κ2) is 7.69. The van der Waals surface area contributed by atoms with Gasteiger partial charge in [-0.3, -0.25) is 9.59 Å². The Labute approximate surface area is 143 Å². The van der Waals surface area contributed by atoms with Crippen molar-refractivity contribution in [3.05, 3.63) is 29.8 Å². The first kappa shape index (κ1) is 16.8. The molecule has 5 nitrogen and oxygen atoms in total. The summed E-state index contributed by atoms with van der Waals surface area (Å²) < 4.78 is 5.55. The first-order chi connectivity index (χ1) is 11.7. The molecule has 130 valence electrons. The average molecular weight is 330 g/mol. The number of hydrogen-bond acceptors (Lipinski definition) is 3.